The normalized spacial score (nSPS) is 14.1. The van der Waals surface area contributed by atoms with Crippen LogP contribution in [0.25, 0.3) is 0 Å². The molecule has 0 fully saturated rings. The molecule has 0 saturated heterocycles. The Morgan fingerprint density at radius 2 is 2.20 bits per heavy atom. The van der Waals surface area contributed by atoms with E-state index < -0.39 is 0 Å². The van der Waals surface area contributed by atoms with Gasteiger partial charge in [0.1, 0.15) is 0 Å². The minimum Gasteiger partial charge on any atom is -0.395 e. The van der Waals surface area contributed by atoms with E-state index >= 15 is 0 Å². The molecular weight excluding hydrogens is 133 g/mol. The molecule has 0 aromatic heterocycles. The van der Waals surface area contributed by atoms with Crippen molar-refractivity contribution in [2.45, 2.75) is 19.4 Å². The van der Waals surface area contributed by atoms with E-state index in [-0.39, 0.29) is 19.3 Å². The zero-order chi connectivity index (χ0) is 7.98. The number of aliphatic hydroxyl groups excluding tert-OH is 1. The van der Waals surface area contributed by atoms with Crippen LogP contribution in [0.15, 0.2) is 0 Å². The number of hydrogen-bond acceptors (Lipinski definition) is 2. The van der Waals surface area contributed by atoms with Crippen molar-refractivity contribution in [1.29, 1.82) is 0 Å². The van der Waals surface area contributed by atoms with Crippen LogP contribution < -0.4 is 0 Å². The van der Waals surface area contributed by atoms with E-state index in [0.29, 0.717) is 6.42 Å². The highest BCUT2D eigenvalue weighted by atomic mass is 19.1. The summed E-state index contributed by atoms with van der Waals surface area (Å²) in [4.78, 5) is 1.94. The minimum absolute atomic E-state index is 0.142. The molecule has 0 saturated carbocycles. The van der Waals surface area contributed by atoms with Gasteiger partial charge in [-0.05, 0) is 20.4 Å². The Hall–Kier alpha value is -0.150. The van der Waals surface area contributed by atoms with Crippen LogP contribution in [0.2, 0.25) is 0 Å². The van der Waals surface area contributed by atoms with Gasteiger partial charge in [-0.1, -0.05) is 0 Å². The maximum absolute atomic E-state index is 11.6. The van der Waals surface area contributed by atoms with Crippen molar-refractivity contribution >= 4 is 0 Å². The van der Waals surface area contributed by atoms with Crippen LogP contribution in [0.5, 0.6) is 0 Å². The largest absolute Gasteiger partial charge is 0.395 e. The van der Waals surface area contributed by atoms with Gasteiger partial charge in [0, 0.05) is 12.6 Å². The third-order valence-electron chi connectivity index (χ3n) is 1.66. The molecule has 2 nitrogen and oxygen atoms in total. The quantitative estimate of drug-likeness (QED) is 0.620. The van der Waals surface area contributed by atoms with Gasteiger partial charge >= 0.3 is 0 Å². The summed E-state index contributed by atoms with van der Waals surface area (Å²) in [5.41, 5.74) is 0. The molecule has 1 N–H and O–H groups in total. The topological polar surface area (TPSA) is 23.5 Å². The fourth-order valence-electron chi connectivity index (χ4n) is 0.669. The molecule has 0 spiro atoms. The predicted molar refractivity (Wildman–Crippen MR) is 39.8 cm³/mol. The van der Waals surface area contributed by atoms with Crippen molar-refractivity contribution < 1.29 is 9.50 Å². The Kier molecular flexibility index (Phi) is 5.54. The molecule has 0 amide bonds. The Labute approximate surface area is 61.6 Å². The van der Waals surface area contributed by atoms with Crippen molar-refractivity contribution in [3.8, 4) is 0 Å². The molecule has 1 atom stereocenters. The van der Waals surface area contributed by atoms with Crippen molar-refractivity contribution in [1.82, 2.24) is 4.90 Å². The van der Waals surface area contributed by atoms with Gasteiger partial charge in [0.15, 0.2) is 0 Å². The Bertz CT molecular complexity index is 80.0. The second kappa shape index (κ2) is 5.62. The SMILES string of the molecule is CC(CO)N(C)CCCF. The summed E-state index contributed by atoms with van der Waals surface area (Å²) in [5.74, 6) is 0. The van der Waals surface area contributed by atoms with Crippen LogP contribution in [0.3, 0.4) is 0 Å². The zero-order valence-electron chi connectivity index (χ0n) is 6.68. The molecule has 0 aliphatic heterocycles. The van der Waals surface area contributed by atoms with Gasteiger partial charge in [-0.25, -0.2) is 0 Å². The molecular formula is C7H16FNO. The molecule has 10 heavy (non-hydrogen) atoms. The van der Waals surface area contributed by atoms with Gasteiger partial charge in [0.05, 0.1) is 13.3 Å². The minimum atomic E-state index is -0.275. The second-order valence-corrected chi connectivity index (χ2v) is 2.55. The fourth-order valence-corrected chi connectivity index (χ4v) is 0.669. The first kappa shape index (κ1) is 9.85. The molecule has 0 rings (SSSR count). The Balaban J connectivity index is 3.31. The van der Waals surface area contributed by atoms with Gasteiger partial charge in [-0.3, -0.25) is 4.39 Å². The lowest BCUT2D eigenvalue weighted by molar-refractivity contribution is 0.155. The number of rotatable bonds is 5. The number of likely N-dealkylation sites (N-methyl/N-ethyl adjacent to an activating group) is 1. The number of nitrogens with zero attached hydrogens (tertiary/aromatic N) is 1. The summed E-state index contributed by atoms with van der Waals surface area (Å²) in [7, 11) is 1.89. The molecule has 0 aliphatic carbocycles. The summed E-state index contributed by atoms with van der Waals surface area (Å²) < 4.78 is 11.6. The average Bonchev–Trinajstić information content (AvgIpc) is 1.98. The van der Waals surface area contributed by atoms with Crippen LogP contribution in [-0.2, 0) is 0 Å². The third-order valence-corrected chi connectivity index (χ3v) is 1.66. The monoisotopic (exact) mass is 149 g/mol. The Morgan fingerprint density at radius 3 is 2.60 bits per heavy atom. The van der Waals surface area contributed by atoms with Gasteiger partial charge in [0.2, 0.25) is 0 Å². The standard InChI is InChI=1S/C7H16FNO/c1-7(6-10)9(2)5-3-4-8/h7,10H,3-6H2,1-2H3. The molecule has 0 aromatic carbocycles. The summed E-state index contributed by atoms with van der Waals surface area (Å²) in [5, 5.41) is 8.67. The first-order chi connectivity index (χ1) is 4.72. The van der Waals surface area contributed by atoms with Crippen molar-refractivity contribution in [2.24, 2.45) is 0 Å². The van der Waals surface area contributed by atoms with E-state index in [9.17, 15) is 4.39 Å². The van der Waals surface area contributed by atoms with E-state index in [1.165, 1.54) is 0 Å². The van der Waals surface area contributed by atoms with Gasteiger partial charge in [0.25, 0.3) is 0 Å². The van der Waals surface area contributed by atoms with E-state index in [2.05, 4.69) is 0 Å². The van der Waals surface area contributed by atoms with Gasteiger partial charge in [-0.2, -0.15) is 0 Å². The van der Waals surface area contributed by atoms with Crippen LogP contribution in [0.1, 0.15) is 13.3 Å². The summed E-state index contributed by atoms with van der Waals surface area (Å²) in [6.07, 6.45) is 0.556. The zero-order valence-corrected chi connectivity index (χ0v) is 6.68. The molecule has 62 valence electrons. The third kappa shape index (κ3) is 3.80. The second-order valence-electron chi connectivity index (χ2n) is 2.55. The van der Waals surface area contributed by atoms with Gasteiger partial charge < -0.3 is 10.0 Å². The van der Waals surface area contributed by atoms with E-state index in [1.807, 2.05) is 18.9 Å². The highest BCUT2D eigenvalue weighted by Gasteiger charge is 2.05. The molecule has 0 bridgehead atoms. The van der Waals surface area contributed by atoms with Crippen molar-refractivity contribution in [3.05, 3.63) is 0 Å². The molecule has 3 heteroatoms. The fraction of sp³-hybridized carbons (Fsp3) is 1.00. The van der Waals surface area contributed by atoms with Crippen LogP contribution >= 0.6 is 0 Å². The first-order valence-corrected chi connectivity index (χ1v) is 3.59. The molecule has 1 unspecified atom stereocenters. The van der Waals surface area contributed by atoms with Crippen LogP contribution in [0.4, 0.5) is 4.39 Å². The number of alkyl halides is 1. The first-order valence-electron chi connectivity index (χ1n) is 3.59. The maximum Gasteiger partial charge on any atom is 0.0906 e. The van der Waals surface area contributed by atoms with E-state index in [4.69, 9.17) is 5.11 Å². The lowest BCUT2D eigenvalue weighted by Gasteiger charge is -2.21. The van der Waals surface area contributed by atoms with Crippen LogP contribution in [-0.4, -0.2) is 42.9 Å². The Morgan fingerprint density at radius 1 is 1.60 bits per heavy atom. The highest BCUT2D eigenvalue weighted by Crippen LogP contribution is 1.95. The lowest BCUT2D eigenvalue weighted by Crippen LogP contribution is -2.32. The number of aliphatic hydroxyl groups is 1. The van der Waals surface area contributed by atoms with Gasteiger partial charge in [-0.15, -0.1) is 0 Å². The van der Waals surface area contributed by atoms with Crippen molar-refractivity contribution in [2.75, 3.05) is 26.9 Å². The summed E-state index contributed by atoms with van der Waals surface area (Å²) in [6.45, 7) is 2.50. The van der Waals surface area contributed by atoms with Crippen LogP contribution in [0, 0.1) is 0 Å². The van der Waals surface area contributed by atoms with E-state index in [0.717, 1.165) is 6.54 Å². The predicted octanol–water partition coefficient (Wildman–Crippen LogP) is 0.659. The molecule has 0 aliphatic rings. The smallest absolute Gasteiger partial charge is 0.0906 e. The number of halogens is 1. The molecule has 0 aromatic rings. The summed E-state index contributed by atoms with van der Waals surface area (Å²) >= 11 is 0. The maximum atomic E-state index is 11.6. The average molecular weight is 149 g/mol. The molecule has 0 heterocycles. The van der Waals surface area contributed by atoms with Crippen molar-refractivity contribution in [3.63, 3.8) is 0 Å². The summed E-state index contributed by atoms with van der Waals surface area (Å²) in [6, 6.07) is 0.145. The highest BCUT2D eigenvalue weighted by molar-refractivity contribution is 4.60. The number of hydrogen-bond donors (Lipinski definition) is 1. The van der Waals surface area contributed by atoms with E-state index in [1.54, 1.807) is 0 Å². The lowest BCUT2D eigenvalue weighted by atomic mass is 10.3. The molecule has 0 radical (unpaired) electrons.